The van der Waals surface area contributed by atoms with E-state index >= 15 is 0 Å². The van der Waals surface area contributed by atoms with Crippen LogP contribution in [0.3, 0.4) is 0 Å². The molecule has 0 aliphatic rings. The summed E-state index contributed by atoms with van der Waals surface area (Å²) in [6.45, 7) is 0. The molecule has 0 amide bonds. The van der Waals surface area contributed by atoms with Crippen molar-refractivity contribution in [3.63, 3.8) is 0 Å². The van der Waals surface area contributed by atoms with Crippen molar-refractivity contribution < 1.29 is 23.8 Å². The van der Waals surface area contributed by atoms with Gasteiger partial charge in [-0.25, -0.2) is 0 Å². The monoisotopic (exact) mass is 378 g/mol. The number of nitrogens with zero attached hydrogens (tertiary/aromatic N) is 2. The standard InChI is InChI=1S/C21H18N2O5/c1-26-17-9-14(10-18(27-2)21(17)28-3)16(12-23)20(25)19(24)15(11-22)13-7-5-4-6-8-13/h4-10,15-16H,1-3H3. The normalized spacial score (nSPS) is 12.0. The second kappa shape index (κ2) is 9.20. The molecule has 0 aromatic heterocycles. The van der Waals surface area contributed by atoms with Crippen molar-refractivity contribution in [2.45, 2.75) is 11.8 Å². The molecule has 0 bridgehead atoms. The minimum atomic E-state index is -1.42. The Labute approximate surface area is 162 Å². The molecule has 2 atom stereocenters. The Morgan fingerprint density at radius 2 is 1.25 bits per heavy atom. The highest BCUT2D eigenvalue weighted by atomic mass is 16.5. The molecule has 0 saturated heterocycles. The molecule has 0 fully saturated rings. The lowest BCUT2D eigenvalue weighted by Crippen LogP contribution is -2.26. The molecule has 28 heavy (non-hydrogen) atoms. The van der Waals surface area contributed by atoms with E-state index in [2.05, 4.69) is 0 Å². The summed E-state index contributed by atoms with van der Waals surface area (Å²) in [5.74, 6) is -3.84. The summed E-state index contributed by atoms with van der Waals surface area (Å²) in [6.07, 6.45) is 0. The summed E-state index contributed by atoms with van der Waals surface area (Å²) in [5.41, 5.74) is 0.602. The molecule has 0 aliphatic heterocycles. The van der Waals surface area contributed by atoms with E-state index in [0.29, 0.717) is 11.3 Å². The van der Waals surface area contributed by atoms with E-state index in [-0.39, 0.29) is 17.1 Å². The zero-order chi connectivity index (χ0) is 20.7. The predicted octanol–water partition coefficient (Wildman–Crippen LogP) is 2.77. The fourth-order valence-corrected chi connectivity index (χ4v) is 2.77. The van der Waals surface area contributed by atoms with Crippen LogP contribution in [-0.4, -0.2) is 32.9 Å². The molecule has 0 radical (unpaired) electrons. The minimum Gasteiger partial charge on any atom is -0.493 e. The molecular formula is C21H18N2O5. The molecule has 0 saturated carbocycles. The number of ketones is 2. The Hall–Kier alpha value is -3.84. The number of Topliss-reactive ketones (excluding diaryl/α,β-unsaturated/α-hetero) is 2. The fraction of sp³-hybridized carbons (Fsp3) is 0.238. The first kappa shape index (κ1) is 20.5. The van der Waals surface area contributed by atoms with E-state index in [1.807, 2.05) is 12.1 Å². The maximum Gasteiger partial charge on any atom is 0.221 e. The van der Waals surface area contributed by atoms with E-state index in [1.165, 1.54) is 33.5 Å². The fourth-order valence-electron chi connectivity index (χ4n) is 2.77. The summed E-state index contributed by atoms with van der Waals surface area (Å²) in [7, 11) is 4.22. The van der Waals surface area contributed by atoms with Gasteiger partial charge in [-0.15, -0.1) is 0 Å². The first-order chi connectivity index (χ1) is 13.5. The van der Waals surface area contributed by atoms with Gasteiger partial charge >= 0.3 is 0 Å². The quantitative estimate of drug-likeness (QED) is 0.650. The Balaban J connectivity index is 2.45. The Morgan fingerprint density at radius 3 is 1.64 bits per heavy atom. The van der Waals surface area contributed by atoms with Gasteiger partial charge in [-0.3, -0.25) is 9.59 Å². The van der Waals surface area contributed by atoms with E-state index in [4.69, 9.17) is 14.2 Å². The van der Waals surface area contributed by atoms with Crippen molar-refractivity contribution in [2.24, 2.45) is 0 Å². The van der Waals surface area contributed by atoms with Gasteiger partial charge in [0.2, 0.25) is 17.3 Å². The van der Waals surface area contributed by atoms with Crippen molar-refractivity contribution >= 4 is 11.6 Å². The predicted molar refractivity (Wildman–Crippen MR) is 99.3 cm³/mol. The average Bonchev–Trinajstić information content (AvgIpc) is 2.74. The number of rotatable bonds is 8. The lowest BCUT2D eigenvalue weighted by atomic mass is 9.86. The first-order valence-corrected chi connectivity index (χ1v) is 8.24. The first-order valence-electron chi connectivity index (χ1n) is 8.24. The van der Waals surface area contributed by atoms with Crippen molar-refractivity contribution in [2.75, 3.05) is 21.3 Å². The van der Waals surface area contributed by atoms with E-state index in [9.17, 15) is 20.1 Å². The van der Waals surface area contributed by atoms with Crippen molar-refractivity contribution in [1.82, 2.24) is 0 Å². The number of carbonyl (C=O) groups is 2. The molecule has 0 heterocycles. The molecule has 0 aliphatic carbocycles. The van der Waals surface area contributed by atoms with Crippen LogP contribution in [0.5, 0.6) is 17.2 Å². The Kier molecular flexibility index (Phi) is 6.73. The van der Waals surface area contributed by atoms with Crippen LogP contribution in [0, 0.1) is 22.7 Å². The third-order valence-corrected chi connectivity index (χ3v) is 4.18. The smallest absolute Gasteiger partial charge is 0.221 e. The van der Waals surface area contributed by atoms with Crippen molar-refractivity contribution in [3.05, 3.63) is 53.6 Å². The third-order valence-electron chi connectivity index (χ3n) is 4.18. The number of ether oxygens (including phenoxy) is 3. The van der Waals surface area contributed by atoms with Crippen LogP contribution in [-0.2, 0) is 9.59 Å². The SMILES string of the molecule is COc1cc(C(C#N)C(=O)C(=O)C(C#N)c2ccccc2)cc(OC)c1OC. The second-order valence-electron chi connectivity index (χ2n) is 5.72. The molecule has 7 nitrogen and oxygen atoms in total. The highest BCUT2D eigenvalue weighted by molar-refractivity contribution is 6.42. The largest absolute Gasteiger partial charge is 0.493 e. The topological polar surface area (TPSA) is 109 Å². The second-order valence-corrected chi connectivity index (χ2v) is 5.72. The third kappa shape index (κ3) is 3.94. The molecule has 0 N–H and O–H groups in total. The molecule has 2 unspecified atom stereocenters. The molecule has 142 valence electrons. The molecule has 2 aromatic rings. The van der Waals surface area contributed by atoms with Gasteiger partial charge in [-0.2, -0.15) is 10.5 Å². The van der Waals surface area contributed by atoms with Crippen LogP contribution in [0.1, 0.15) is 23.0 Å². The molecule has 2 rings (SSSR count). The summed E-state index contributed by atoms with van der Waals surface area (Å²) in [4.78, 5) is 25.4. The van der Waals surface area contributed by atoms with Gasteiger partial charge in [0.25, 0.3) is 0 Å². The van der Waals surface area contributed by atoms with Crippen molar-refractivity contribution in [3.8, 4) is 29.4 Å². The zero-order valence-electron chi connectivity index (χ0n) is 15.6. The van der Waals surface area contributed by atoms with Crippen LogP contribution in [0.2, 0.25) is 0 Å². The summed E-state index contributed by atoms with van der Waals surface area (Å²) >= 11 is 0. The van der Waals surface area contributed by atoms with Gasteiger partial charge in [0.15, 0.2) is 11.5 Å². The lowest BCUT2D eigenvalue weighted by molar-refractivity contribution is -0.137. The van der Waals surface area contributed by atoms with Crippen LogP contribution in [0.15, 0.2) is 42.5 Å². The molecule has 2 aromatic carbocycles. The van der Waals surface area contributed by atoms with E-state index in [1.54, 1.807) is 30.3 Å². The zero-order valence-corrected chi connectivity index (χ0v) is 15.6. The highest BCUT2D eigenvalue weighted by Crippen LogP contribution is 2.40. The maximum absolute atomic E-state index is 12.8. The van der Waals surface area contributed by atoms with Gasteiger partial charge in [0, 0.05) is 0 Å². The minimum absolute atomic E-state index is 0.208. The van der Waals surface area contributed by atoms with Gasteiger partial charge in [0.1, 0.15) is 11.8 Å². The summed E-state index contributed by atoms with van der Waals surface area (Å²) in [6, 6.07) is 14.8. The lowest BCUT2D eigenvalue weighted by Gasteiger charge is -2.16. The van der Waals surface area contributed by atoms with Gasteiger partial charge in [0.05, 0.1) is 33.5 Å². The molecule has 7 heteroatoms. The average molecular weight is 378 g/mol. The van der Waals surface area contributed by atoms with Gasteiger partial charge in [-0.05, 0) is 23.3 Å². The van der Waals surface area contributed by atoms with Crippen molar-refractivity contribution in [1.29, 1.82) is 10.5 Å². The molecule has 0 spiro atoms. The number of hydrogen-bond acceptors (Lipinski definition) is 7. The number of carbonyl (C=O) groups excluding carboxylic acids is 2. The highest BCUT2D eigenvalue weighted by Gasteiger charge is 2.34. The summed E-state index contributed by atoms with van der Waals surface area (Å²) < 4.78 is 15.7. The number of hydrogen-bond donors (Lipinski definition) is 0. The van der Waals surface area contributed by atoms with Gasteiger partial charge in [-0.1, -0.05) is 30.3 Å². The Bertz CT molecular complexity index is 932. The van der Waals surface area contributed by atoms with Gasteiger partial charge < -0.3 is 14.2 Å². The van der Waals surface area contributed by atoms with Crippen LogP contribution < -0.4 is 14.2 Å². The van der Waals surface area contributed by atoms with E-state index in [0.717, 1.165) is 0 Å². The molecular weight excluding hydrogens is 360 g/mol. The summed E-state index contributed by atoms with van der Waals surface area (Å²) in [5, 5.41) is 19.0. The number of benzene rings is 2. The Morgan fingerprint density at radius 1 is 0.786 bits per heavy atom. The van der Waals surface area contributed by atoms with E-state index < -0.39 is 23.4 Å². The number of methoxy groups -OCH3 is 3. The number of nitriles is 2. The van der Waals surface area contributed by atoms with Crippen LogP contribution >= 0.6 is 0 Å². The maximum atomic E-state index is 12.8. The van der Waals surface area contributed by atoms with Crippen LogP contribution in [0.25, 0.3) is 0 Å². The van der Waals surface area contributed by atoms with Crippen LogP contribution in [0.4, 0.5) is 0 Å².